The van der Waals surface area contributed by atoms with Crippen molar-refractivity contribution in [2.45, 2.75) is 39.0 Å². The number of carbonyl (C=O) groups is 1. The van der Waals surface area contributed by atoms with Gasteiger partial charge in [0.1, 0.15) is 0 Å². The molecule has 1 aromatic carbocycles. The van der Waals surface area contributed by atoms with Gasteiger partial charge in [0.05, 0.1) is 4.92 Å². The van der Waals surface area contributed by atoms with Gasteiger partial charge in [0.25, 0.3) is 5.69 Å². The van der Waals surface area contributed by atoms with Crippen molar-refractivity contribution >= 4 is 17.3 Å². The maximum Gasteiger partial charge on any atom is 0.269 e. The van der Waals surface area contributed by atoms with Crippen LogP contribution in [0.4, 0.5) is 11.4 Å². The summed E-state index contributed by atoms with van der Waals surface area (Å²) in [4.78, 5) is 31.1. The second-order valence-corrected chi connectivity index (χ2v) is 6.85. The third kappa shape index (κ3) is 5.05. The van der Waals surface area contributed by atoms with Gasteiger partial charge in [0.15, 0.2) is 5.82 Å². The van der Waals surface area contributed by atoms with E-state index in [1.54, 1.807) is 12.1 Å². The first-order chi connectivity index (χ1) is 13.6. The highest BCUT2D eigenvalue weighted by Gasteiger charge is 2.21. The van der Waals surface area contributed by atoms with Crippen LogP contribution in [0.15, 0.2) is 28.8 Å². The molecule has 1 aliphatic rings. The van der Waals surface area contributed by atoms with E-state index in [9.17, 15) is 14.9 Å². The lowest BCUT2D eigenvalue weighted by Gasteiger charge is -2.36. The second kappa shape index (κ2) is 9.29. The summed E-state index contributed by atoms with van der Waals surface area (Å²) in [5, 5.41) is 14.7. The van der Waals surface area contributed by atoms with Gasteiger partial charge in [-0.15, -0.1) is 0 Å². The number of benzene rings is 1. The lowest BCUT2D eigenvalue weighted by Crippen LogP contribution is -2.48. The quantitative estimate of drug-likeness (QED) is 0.506. The fourth-order valence-corrected chi connectivity index (χ4v) is 3.27. The highest BCUT2D eigenvalue weighted by Crippen LogP contribution is 2.21. The van der Waals surface area contributed by atoms with E-state index < -0.39 is 4.92 Å². The number of nitrogens with zero attached hydrogens (tertiary/aromatic N) is 5. The zero-order valence-electron chi connectivity index (χ0n) is 16.0. The molecule has 0 N–H and O–H groups in total. The summed E-state index contributed by atoms with van der Waals surface area (Å²) >= 11 is 0. The summed E-state index contributed by atoms with van der Waals surface area (Å²) in [6.07, 6.45) is 3.55. The van der Waals surface area contributed by atoms with Crippen LogP contribution in [0.1, 0.15) is 37.9 Å². The molecule has 1 aromatic heterocycles. The molecule has 2 heterocycles. The van der Waals surface area contributed by atoms with Gasteiger partial charge in [-0.2, -0.15) is 4.98 Å². The number of carbonyl (C=O) groups excluding carboxylic acids is 1. The Morgan fingerprint density at radius 3 is 2.54 bits per heavy atom. The maximum absolute atomic E-state index is 12.4. The van der Waals surface area contributed by atoms with Crippen LogP contribution in [0, 0.1) is 10.1 Å². The topological polar surface area (TPSA) is 106 Å². The van der Waals surface area contributed by atoms with E-state index in [0.717, 1.165) is 24.4 Å². The standard InChI is InChI=1S/C19H25N5O4/c1-2-4-17-20-18(28-21-17)5-3-6-19(25)23-13-11-22(12-14-23)15-7-9-16(10-8-15)24(26)27/h7-10H,2-6,11-14H2,1H3. The highest BCUT2D eigenvalue weighted by molar-refractivity contribution is 5.76. The molecule has 9 heteroatoms. The lowest BCUT2D eigenvalue weighted by atomic mass is 10.2. The SMILES string of the molecule is CCCc1noc(CCCC(=O)N2CCN(c3ccc([N+](=O)[O-])cc3)CC2)n1. The number of piperazine rings is 1. The second-order valence-electron chi connectivity index (χ2n) is 6.85. The molecule has 2 aromatic rings. The van der Waals surface area contributed by atoms with Gasteiger partial charge in [-0.25, -0.2) is 0 Å². The molecule has 0 saturated carbocycles. The normalized spacial score (nSPS) is 14.3. The van der Waals surface area contributed by atoms with E-state index in [4.69, 9.17) is 4.52 Å². The van der Waals surface area contributed by atoms with Crippen molar-refractivity contribution < 1.29 is 14.2 Å². The first-order valence-corrected chi connectivity index (χ1v) is 9.65. The van der Waals surface area contributed by atoms with Crippen molar-refractivity contribution in [2.75, 3.05) is 31.1 Å². The Bertz CT molecular complexity index is 797. The fourth-order valence-electron chi connectivity index (χ4n) is 3.27. The predicted octanol–water partition coefficient (Wildman–Crippen LogP) is 2.60. The largest absolute Gasteiger partial charge is 0.368 e. The molecule has 0 unspecified atom stereocenters. The highest BCUT2D eigenvalue weighted by atomic mass is 16.6. The predicted molar refractivity (Wildman–Crippen MR) is 103 cm³/mol. The third-order valence-corrected chi connectivity index (χ3v) is 4.82. The number of nitro groups is 1. The Balaban J connectivity index is 1.41. The van der Waals surface area contributed by atoms with Crippen LogP contribution in [-0.2, 0) is 17.6 Å². The van der Waals surface area contributed by atoms with Crippen LogP contribution in [0.25, 0.3) is 0 Å². The minimum atomic E-state index is -0.403. The van der Waals surface area contributed by atoms with Gasteiger partial charge < -0.3 is 14.3 Å². The number of non-ortho nitro benzene ring substituents is 1. The number of aromatic nitrogens is 2. The van der Waals surface area contributed by atoms with Crippen molar-refractivity contribution in [3.63, 3.8) is 0 Å². The Hall–Kier alpha value is -2.97. The Labute approximate surface area is 163 Å². The summed E-state index contributed by atoms with van der Waals surface area (Å²) in [5.74, 6) is 1.46. The minimum Gasteiger partial charge on any atom is -0.368 e. The molecule has 1 fully saturated rings. The summed E-state index contributed by atoms with van der Waals surface area (Å²) in [6, 6.07) is 6.53. The number of rotatable bonds is 8. The van der Waals surface area contributed by atoms with Crippen molar-refractivity contribution in [3.05, 3.63) is 46.1 Å². The summed E-state index contributed by atoms with van der Waals surface area (Å²) < 4.78 is 5.20. The average Bonchev–Trinajstić information content (AvgIpc) is 3.16. The Morgan fingerprint density at radius 1 is 1.18 bits per heavy atom. The van der Waals surface area contributed by atoms with Crippen molar-refractivity contribution in [3.8, 4) is 0 Å². The fraction of sp³-hybridized carbons (Fsp3) is 0.526. The van der Waals surface area contributed by atoms with Crippen molar-refractivity contribution in [1.29, 1.82) is 0 Å². The third-order valence-electron chi connectivity index (χ3n) is 4.82. The van der Waals surface area contributed by atoms with E-state index in [0.29, 0.717) is 51.3 Å². The molecular weight excluding hydrogens is 362 g/mol. The van der Waals surface area contributed by atoms with Gasteiger partial charge in [-0.3, -0.25) is 14.9 Å². The zero-order chi connectivity index (χ0) is 19.9. The lowest BCUT2D eigenvalue weighted by molar-refractivity contribution is -0.384. The van der Waals surface area contributed by atoms with Gasteiger partial charge >= 0.3 is 0 Å². The molecule has 1 saturated heterocycles. The van der Waals surface area contributed by atoms with Crippen LogP contribution in [-0.4, -0.2) is 52.1 Å². The zero-order valence-corrected chi connectivity index (χ0v) is 16.0. The van der Waals surface area contributed by atoms with Crippen molar-refractivity contribution in [2.24, 2.45) is 0 Å². The molecule has 1 aliphatic heterocycles. The number of nitro benzene ring substituents is 1. The van der Waals surface area contributed by atoms with Gasteiger partial charge in [-0.05, 0) is 25.0 Å². The maximum atomic E-state index is 12.4. The summed E-state index contributed by atoms with van der Waals surface area (Å²) in [5.41, 5.74) is 1.03. The molecule has 0 bridgehead atoms. The van der Waals surface area contributed by atoms with E-state index in [1.807, 2.05) is 4.90 Å². The molecule has 28 heavy (non-hydrogen) atoms. The number of anilines is 1. The first kappa shape index (κ1) is 19.8. The van der Waals surface area contributed by atoms with Crippen LogP contribution in [0.3, 0.4) is 0 Å². The number of hydrogen-bond acceptors (Lipinski definition) is 7. The number of hydrogen-bond donors (Lipinski definition) is 0. The van der Waals surface area contributed by atoms with Crippen LogP contribution >= 0.6 is 0 Å². The smallest absolute Gasteiger partial charge is 0.269 e. The molecule has 0 radical (unpaired) electrons. The number of amides is 1. The Morgan fingerprint density at radius 2 is 1.89 bits per heavy atom. The average molecular weight is 387 g/mol. The van der Waals surface area contributed by atoms with Crippen LogP contribution < -0.4 is 4.90 Å². The van der Waals surface area contributed by atoms with E-state index in [2.05, 4.69) is 22.0 Å². The molecule has 0 atom stereocenters. The van der Waals surface area contributed by atoms with E-state index >= 15 is 0 Å². The van der Waals surface area contributed by atoms with Crippen LogP contribution in [0.5, 0.6) is 0 Å². The van der Waals surface area contributed by atoms with Gasteiger partial charge in [-0.1, -0.05) is 12.1 Å². The minimum absolute atomic E-state index is 0.0839. The number of aryl methyl sites for hydroxylation is 2. The molecule has 9 nitrogen and oxygen atoms in total. The molecule has 0 aliphatic carbocycles. The van der Waals surface area contributed by atoms with Crippen molar-refractivity contribution in [1.82, 2.24) is 15.0 Å². The molecule has 150 valence electrons. The molecule has 0 spiro atoms. The molecule has 1 amide bonds. The Kier molecular flexibility index (Phi) is 6.57. The molecule has 3 rings (SSSR count). The van der Waals surface area contributed by atoms with Crippen LogP contribution in [0.2, 0.25) is 0 Å². The summed E-state index contributed by atoms with van der Waals surface area (Å²) in [6.45, 7) is 4.80. The molecular formula is C19H25N5O4. The van der Waals surface area contributed by atoms with E-state index in [1.165, 1.54) is 12.1 Å². The van der Waals surface area contributed by atoms with E-state index in [-0.39, 0.29) is 11.6 Å². The first-order valence-electron chi connectivity index (χ1n) is 9.65. The van der Waals surface area contributed by atoms with Gasteiger partial charge in [0, 0.05) is 63.3 Å². The monoisotopic (exact) mass is 387 g/mol. The van der Waals surface area contributed by atoms with Gasteiger partial charge in [0.2, 0.25) is 11.8 Å². The summed E-state index contributed by atoms with van der Waals surface area (Å²) in [7, 11) is 0.